The lowest BCUT2D eigenvalue weighted by atomic mass is 10.4. The van der Waals surface area contributed by atoms with E-state index in [1.807, 2.05) is 13.2 Å². The molecule has 0 aliphatic carbocycles. The Morgan fingerprint density at radius 1 is 1.91 bits per heavy atom. The van der Waals surface area contributed by atoms with E-state index in [9.17, 15) is 4.79 Å². The molecule has 0 saturated heterocycles. The normalized spacial score (nSPS) is 9.55. The second-order valence-corrected chi connectivity index (χ2v) is 2.24. The number of aromatic nitrogens is 2. The third-order valence-corrected chi connectivity index (χ3v) is 1.23. The standard InChI is InChI=1S/C6H10N4O/c1-10-4-5(3-9-10)2-8-6(7)11/h3-4H,2H2,1H3,(H3,7,8,11). The highest BCUT2D eigenvalue weighted by atomic mass is 16.2. The lowest BCUT2D eigenvalue weighted by Gasteiger charge is -1.95. The summed E-state index contributed by atoms with van der Waals surface area (Å²) in [4.78, 5) is 10.3. The highest BCUT2D eigenvalue weighted by molar-refractivity contribution is 5.71. The fraction of sp³-hybridized carbons (Fsp3) is 0.333. The number of aryl methyl sites for hydroxylation is 1. The van der Waals surface area contributed by atoms with Gasteiger partial charge in [0.05, 0.1) is 6.20 Å². The maximum absolute atomic E-state index is 10.3. The van der Waals surface area contributed by atoms with E-state index in [0.29, 0.717) is 6.54 Å². The first-order chi connectivity index (χ1) is 5.18. The second-order valence-electron chi connectivity index (χ2n) is 2.24. The summed E-state index contributed by atoms with van der Waals surface area (Å²) >= 11 is 0. The molecule has 0 spiro atoms. The van der Waals surface area contributed by atoms with E-state index in [4.69, 9.17) is 5.73 Å². The summed E-state index contributed by atoms with van der Waals surface area (Å²) in [5, 5.41) is 6.38. The van der Waals surface area contributed by atoms with Gasteiger partial charge in [0, 0.05) is 25.4 Å². The number of hydrogen-bond donors (Lipinski definition) is 2. The van der Waals surface area contributed by atoms with Gasteiger partial charge in [-0.05, 0) is 0 Å². The molecule has 1 aromatic rings. The summed E-state index contributed by atoms with van der Waals surface area (Å²) in [6.07, 6.45) is 3.49. The quantitative estimate of drug-likeness (QED) is 0.607. The summed E-state index contributed by atoms with van der Waals surface area (Å²) in [6.45, 7) is 0.434. The zero-order chi connectivity index (χ0) is 8.27. The monoisotopic (exact) mass is 154 g/mol. The van der Waals surface area contributed by atoms with Crippen LogP contribution in [0.15, 0.2) is 12.4 Å². The van der Waals surface area contributed by atoms with Gasteiger partial charge in [-0.25, -0.2) is 4.79 Å². The predicted octanol–water partition coefficient (Wildman–Crippen LogP) is -0.412. The van der Waals surface area contributed by atoms with Crippen molar-refractivity contribution in [1.82, 2.24) is 15.1 Å². The van der Waals surface area contributed by atoms with Crippen LogP contribution in [0, 0.1) is 0 Å². The molecule has 5 heteroatoms. The Kier molecular flexibility index (Phi) is 2.10. The topological polar surface area (TPSA) is 72.9 Å². The maximum Gasteiger partial charge on any atom is 0.312 e. The maximum atomic E-state index is 10.3. The average molecular weight is 154 g/mol. The number of primary amides is 1. The van der Waals surface area contributed by atoms with Gasteiger partial charge in [-0.1, -0.05) is 0 Å². The molecule has 11 heavy (non-hydrogen) atoms. The zero-order valence-electron chi connectivity index (χ0n) is 6.24. The SMILES string of the molecule is Cn1cc(CNC(N)=O)cn1. The van der Waals surface area contributed by atoms with Crippen molar-refractivity contribution in [3.8, 4) is 0 Å². The van der Waals surface area contributed by atoms with Gasteiger partial charge in [-0.15, -0.1) is 0 Å². The molecule has 0 atom stereocenters. The summed E-state index contributed by atoms with van der Waals surface area (Å²) in [5.41, 5.74) is 5.81. The van der Waals surface area contributed by atoms with Gasteiger partial charge in [0.15, 0.2) is 0 Å². The van der Waals surface area contributed by atoms with Crippen LogP contribution in [0.1, 0.15) is 5.56 Å². The Morgan fingerprint density at radius 3 is 3.09 bits per heavy atom. The van der Waals surface area contributed by atoms with Gasteiger partial charge in [-0.3, -0.25) is 4.68 Å². The van der Waals surface area contributed by atoms with Crippen LogP contribution in [0.25, 0.3) is 0 Å². The van der Waals surface area contributed by atoms with Crippen LogP contribution in [0.2, 0.25) is 0 Å². The van der Waals surface area contributed by atoms with Crippen molar-refractivity contribution in [3.63, 3.8) is 0 Å². The average Bonchev–Trinajstić information content (AvgIpc) is 2.31. The van der Waals surface area contributed by atoms with Gasteiger partial charge in [-0.2, -0.15) is 5.10 Å². The number of amides is 2. The van der Waals surface area contributed by atoms with Crippen molar-refractivity contribution in [2.75, 3.05) is 0 Å². The van der Waals surface area contributed by atoms with Gasteiger partial charge >= 0.3 is 6.03 Å². The highest BCUT2D eigenvalue weighted by Gasteiger charge is 1.95. The number of nitrogens with zero attached hydrogens (tertiary/aromatic N) is 2. The van der Waals surface area contributed by atoms with Crippen molar-refractivity contribution in [2.45, 2.75) is 6.54 Å². The number of rotatable bonds is 2. The van der Waals surface area contributed by atoms with E-state index in [1.165, 1.54) is 0 Å². The molecular weight excluding hydrogens is 144 g/mol. The zero-order valence-corrected chi connectivity index (χ0v) is 6.24. The Bertz CT molecular complexity index is 255. The van der Waals surface area contributed by atoms with Crippen molar-refractivity contribution in [2.24, 2.45) is 12.8 Å². The van der Waals surface area contributed by atoms with Crippen LogP contribution >= 0.6 is 0 Å². The Labute approximate surface area is 64.2 Å². The van der Waals surface area contributed by atoms with Crippen LogP contribution in [0.5, 0.6) is 0 Å². The molecule has 1 heterocycles. The predicted molar refractivity (Wildman–Crippen MR) is 39.6 cm³/mol. The third kappa shape index (κ3) is 2.29. The molecule has 3 N–H and O–H groups in total. The molecule has 0 bridgehead atoms. The molecule has 0 fully saturated rings. The lowest BCUT2D eigenvalue weighted by molar-refractivity contribution is 0.248. The minimum atomic E-state index is -0.520. The first-order valence-electron chi connectivity index (χ1n) is 3.19. The first kappa shape index (κ1) is 7.59. The number of hydrogen-bond acceptors (Lipinski definition) is 2. The number of nitrogens with one attached hydrogen (secondary N) is 1. The van der Waals surface area contributed by atoms with E-state index >= 15 is 0 Å². The lowest BCUT2D eigenvalue weighted by Crippen LogP contribution is -2.28. The third-order valence-electron chi connectivity index (χ3n) is 1.23. The molecule has 0 radical (unpaired) electrons. The van der Waals surface area contributed by atoms with Crippen molar-refractivity contribution < 1.29 is 4.79 Å². The van der Waals surface area contributed by atoms with Gasteiger partial charge in [0.25, 0.3) is 0 Å². The summed E-state index contributed by atoms with van der Waals surface area (Å²) < 4.78 is 1.66. The van der Waals surface area contributed by atoms with E-state index in [0.717, 1.165) is 5.56 Å². The van der Waals surface area contributed by atoms with Crippen LogP contribution in [-0.4, -0.2) is 15.8 Å². The van der Waals surface area contributed by atoms with Crippen LogP contribution in [-0.2, 0) is 13.6 Å². The smallest absolute Gasteiger partial charge is 0.312 e. The van der Waals surface area contributed by atoms with Crippen LogP contribution in [0.3, 0.4) is 0 Å². The van der Waals surface area contributed by atoms with E-state index < -0.39 is 6.03 Å². The molecule has 0 saturated carbocycles. The number of urea groups is 1. The first-order valence-corrected chi connectivity index (χ1v) is 3.19. The van der Waals surface area contributed by atoms with Crippen molar-refractivity contribution in [1.29, 1.82) is 0 Å². The number of carbonyl (C=O) groups is 1. The van der Waals surface area contributed by atoms with Crippen LogP contribution in [0.4, 0.5) is 4.79 Å². The Morgan fingerprint density at radius 2 is 2.64 bits per heavy atom. The summed E-state index contributed by atoms with van der Waals surface area (Å²) in [6, 6.07) is -0.520. The Hall–Kier alpha value is -1.52. The largest absolute Gasteiger partial charge is 0.352 e. The highest BCUT2D eigenvalue weighted by Crippen LogP contribution is 1.93. The van der Waals surface area contributed by atoms with Crippen molar-refractivity contribution in [3.05, 3.63) is 18.0 Å². The molecule has 0 aromatic carbocycles. The molecular formula is C6H10N4O. The summed E-state index contributed by atoms with van der Waals surface area (Å²) in [5.74, 6) is 0. The van der Waals surface area contributed by atoms with E-state index in [-0.39, 0.29) is 0 Å². The number of nitrogens with two attached hydrogens (primary N) is 1. The van der Waals surface area contributed by atoms with E-state index in [1.54, 1.807) is 10.9 Å². The van der Waals surface area contributed by atoms with Crippen molar-refractivity contribution >= 4 is 6.03 Å². The number of carbonyl (C=O) groups excluding carboxylic acids is 1. The minimum absolute atomic E-state index is 0.434. The molecule has 5 nitrogen and oxygen atoms in total. The molecule has 2 amide bonds. The van der Waals surface area contributed by atoms with Gasteiger partial charge in [0.2, 0.25) is 0 Å². The molecule has 1 aromatic heterocycles. The molecule has 0 aliphatic rings. The molecule has 0 aliphatic heterocycles. The second kappa shape index (κ2) is 3.05. The van der Waals surface area contributed by atoms with Gasteiger partial charge in [0.1, 0.15) is 0 Å². The minimum Gasteiger partial charge on any atom is -0.352 e. The van der Waals surface area contributed by atoms with E-state index in [2.05, 4.69) is 10.4 Å². The fourth-order valence-corrected chi connectivity index (χ4v) is 0.752. The van der Waals surface area contributed by atoms with Crippen LogP contribution < -0.4 is 11.1 Å². The molecule has 0 unspecified atom stereocenters. The molecule has 60 valence electrons. The van der Waals surface area contributed by atoms with Gasteiger partial charge < -0.3 is 11.1 Å². The summed E-state index contributed by atoms with van der Waals surface area (Å²) in [7, 11) is 1.81. The molecule has 1 rings (SSSR count). The Balaban J connectivity index is 2.45. The fourth-order valence-electron chi connectivity index (χ4n) is 0.752.